The molecule has 0 atom stereocenters. The maximum absolute atomic E-state index is 12.7. The second-order valence-electron chi connectivity index (χ2n) is 7.00. The fraction of sp³-hybridized carbons (Fsp3) is 0.273. The number of rotatable bonds is 6. The lowest BCUT2D eigenvalue weighted by Crippen LogP contribution is -2.25. The van der Waals surface area contributed by atoms with Crippen molar-refractivity contribution in [1.82, 2.24) is 14.9 Å². The molecule has 1 saturated carbocycles. The SMILES string of the molecule is CC=CCn1cc(-c2cc(C(=O)NC3CC3)ccc2OC)c2cc[nH]c2c1=O. The molecule has 2 aromatic heterocycles. The number of methoxy groups -OCH3 is 1. The van der Waals surface area contributed by atoms with E-state index in [0.29, 0.717) is 23.4 Å². The van der Waals surface area contributed by atoms with Gasteiger partial charge in [-0.2, -0.15) is 0 Å². The minimum Gasteiger partial charge on any atom is -0.496 e. The lowest BCUT2D eigenvalue weighted by Gasteiger charge is -2.14. The fourth-order valence-corrected chi connectivity index (χ4v) is 3.32. The van der Waals surface area contributed by atoms with E-state index in [1.807, 2.05) is 37.4 Å². The first-order valence-corrected chi connectivity index (χ1v) is 9.43. The highest BCUT2D eigenvalue weighted by atomic mass is 16.5. The molecule has 0 spiro atoms. The number of amides is 1. The highest BCUT2D eigenvalue weighted by molar-refractivity contribution is 6.00. The van der Waals surface area contributed by atoms with Gasteiger partial charge in [0.1, 0.15) is 11.3 Å². The van der Waals surface area contributed by atoms with Crippen molar-refractivity contribution in [3.8, 4) is 16.9 Å². The van der Waals surface area contributed by atoms with E-state index in [1.165, 1.54) is 0 Å². The molecule has 28 heavy (non-hydrogen) atoms. The molecule has 1 aliphatic carbocycles. The Labute approximate surface area is 162 Å². The van der Waals surface area contributed by atoms with Crippen LogP contribution in [0.25, 0.3) is 22.0 Å². The quantitative estimate of drug-likeness (QED) is 0.646. The summed E-state index contributed by atoms with van der Waals surface area (Å²) in [5.41, 5.74) is 2.67. The largest absolute Gasteiger partial charge is 0.496 e. The summed E-state index contributed by atoms with van der Waals surface area (Å²) < 4.78 is 7.22. The third-order valence-electron chi connectivity index (χ3n) is 5.00. The summed E-state index contributed by atoms with van der Waals surface area (Å²) in [6.07, 6.45) is 9.50. The number of aromatic nitrogens is 2. The van der Waals surface area contributed by atoms with Gasteiger partial charge in [-0.25, -0.2) is 0 Å². The molecule has 1 aromatic carbocycles. The number of benzene rings is 1. The topological polar surface area (TPSA) is 76.1 Å². The van der Waals surface area contributed by atoms with Gasteiger partial charge in [0.25, 0.3) is 11.5 Å². The van der Waals surface area contributed by atoms with Gasteiger partial charge in [-0.05, 0) is 44.0 Å². The van der Waals surface area contributed by atoms with Crippen LogP contribution in [0.5, 0.6) is 5.75 Å². The second-order valence-corrected chi connectivity index (χ2v) is 7.00. The Hall–Kier alpha value is -3.28. The lowest BCUT2D eigenvalue weighted by atomic mass is 10.00. The average molecular weight is 377 g/mol. The van der Waals surface area contributed by atoms with Crippen molar-refractivity contribution in [3.05, 3.63) is 64.7 Å². The van der Waals surface area contributed by atoms with E-state index in [2.05, 4.69) is 10.3 Å². The van der Waals surface area contributed by atoms with Crippen molar-refractivity contribution < 1.29 is 9.53 Å². The van der Waals surface area contributed by atoms with Crippen molar-refractivity contribution >= 4 is 16.8 Å². The van der Waals surface area contributed by atoms with E-state index in [1.54, 1.807) is 30.0 Å². The van der Waals surface area contributed by atoms with E-state index in [0.717, 1.165) is 29.4 Å². The van der Waals surface area contributed by atoms with Crippen molar-refractivity contribution in [2.24, 2.45) is 0 Å². The number of pyridine rings is 1. The van der Waals surface area contributed by atoms with Crippen LogP contribution in [0.3, 0.4) is 0 Å². The third-order valence-corrected chi connectivity index (χ3v) is 5.00. The number of allylic oxidation sites excluding steroid dienone is 2. The number of ether oxygens (including phenoxy) is 1. The molecule has 0 saturated heterocycles. The molecular formula is C22H23N3O3. The number of carbonyl (C=O) groups is 1. The number of H-pyrrole nitrogens is 1. The van der Waals surface area contributed by atoms with Crippen LogP contribution in [0.2, 0.25) is 0 Å². The number of nitrogens with one attached hydrogen (secondary N) is 2. The molecule has 1 fully saturated rings. The van der Waals surface area contributed by atoms with Crippen LogP contribution in [0.1, 0.15) is 30.1 Å². The van der Waals surface area contributed by atoms with E-state index >= 15 is 0 Å². The molecule has 0 radical (unpaired) electrons. The van der Waals surface area contributed by atoms with Crippen LogP contribution >= 0.6 is 0 Å². The number of carbonyl (C=O) groups excluding carboxylic acids is 1. The van der Waals surface area contributed by atoms with Gasteiger partial charge in [-0.3, -0.25) is 9.59 Å². The summed E-state index contributed by atoms with van der Waals surface area (Å²) >= 11 is 0. The van der Waals surface area contributed by atoms with Crippen molar-refractivity contribution in [2.45, 2.75) is 32.4 Å². The molecule has 144 valence electrons. The number of hydrogen-bond acceptors (Lipinski definition) is 3. The molecule has 0 unspecified atom stereocenters. The number of aromatic amines is 1. The zero-order chi connectivity index (χ0) is 19.7. The average Bonchev–Trinajstić information content (AvgIpc) is 3.38. The molecule has 6 nitrogen and oxygen atoms in total. The maximum atomic E-state index is 12.7. The molecule has 2 N–H and O–H groups in total. The van der Waals surface area contributed by atoms with Crippen LogP contribution in [0.15, 0.2) is 53.6 Å². The van der Waals surface area contributed by atoms with E-state index in [-0.39, 0.29) is 17.5 Å². The molecule has 4 rings (SSSR count). The second kappa shape index (κ2) is 7.38. The number of fused-ring (bicyclic) bond motifs is 1. The Balaban J connectivity index is 1.88. The monoisotopic (exact) mass is 377 g/mol. The Morgan fingerprint density at radius 2 is 2.14 bits per heavy atom. The van der Waals surface area contributed by atoms with Gasteiger partial charge in [-0.15, -0.1) is 0 Å². The van der Waals surface area contributed by atoms with Crippen LogP contribution in [0, 0.1) is 0 Å². The molecular weight excluding hydrogens is 354 g/mol. The highest BCUT2D eigenvalue weighted by Crippen LogP contribution is 2.35. The summed E-state index contributed by atoms with van der Waals surface area (Å²) in [6, 6.07) is 7.57. The summed E-state index contributed by atoms with van der Waals surface area (Å²) in [7, 11) is 1.60. The van der Waals surface area contributed by atoms with Crippen LogP contribution < -0.4 is 15.6 Å². The van der Waals surface area contributed by atoms with Gasteiger partial charge in [0.2, 0.25) is 0 Å². The minimum atomic E-state index is -0.0843. The van der Waals surface area contributed by atoms with E-state index < -0.39 is 0 Å². The molecule has 6 heteroatoms. The molecule has 1 aliphatic rings. The van der Waals surface area contributed by atoms with Gasteiger partial charge in [-0.1, -0.05) is 12.2 Å². The fourth-order valence-electron chi connectivity index (χ4n) is 3.32. The Bertz CT molecular complexity index is 1120. The number of nitrogens with zero attached hydrogens (tertiary/aromatic N) is 1. The minimum absolute atomic E-state index is 0.0801. The lowest BCUT2D eigenvalue weighted by molar-refractivity contribution is 0.0951. The Morgan fingerprint density at radius 1 is 1.32 bits per heavy atom. The molecule has 3 aromatic rings. The maximum Gasteiger partial charge on any atom is 0.275 e. The molecule has 2 heterocycles. The smallest absolute Gasteiger partial charge is 0.275 e. The van der Waals surface area contributed by atoms with E-state index in [4.69, 9.17) is 4.74 Å². The zero-order valence-electron chi connectivity index (χ0n) is 16.0. The van der Waals surface area contributed by atoms with Crippen LogP contribution in [0.4, 0.5) is 0 Å². The first-order chi connectivity index (χ1) is 13.6. The van der Waals surface area contributed by atoms with Crippen molar-refractivity contribution in [1.29, 1.82) is 0 Å². The van der Waals surface area contributed by atoms with Gasteiger partial charge < -0.3 is 19.6 Å². The summed E-state index contributed by atoms with van der Waals surface area (Å²) in [5.74, 6) is 0.570. The van der Waals surface area contributed by atoms with E-state index in [9.17, 15) is 9.59 Å². The normalized spacial score (nSPS) is 13.9. The Morgan fingerprint density at radius 3 is 2.86 bits per heavy atom. The van der Waals surface area contributed by atoms with Crippen molar-refractivity contribution in [2.75, 3.05) is 7.11 Å². The first-order valence-electron chi connectivity index (χ1n) is 9.43. The van der Waals surface area contributed by atoms with Crippen LogP contribution in [-0.2, 0) is 6.54 Å². The van der Waals surface area contributed by atoms with Crippen LogP contribution in [-0.4, -0.2) is 28.6 Å². The van der Waals surface area contributed by atoms with Gasteiger partial charge in [0.05, 0.1) is 7.11 Å². The molecule has 0 bridgehead atoms. The number of hydrogen-bond donors (Lipinski definition) is 2. The highest BCUT2D eigenvalue weighted by Gasteiger charge is 2.24. The van der Waals surface area contributed by atoms with Gasteiger partial charge in [0, 0.05) is 47.1 Å². The van der Waals surface area contributed by atoms with Crippen molar-refractivity contribution in [3.63, 3.8) is 0 Å². The zero-order valence-corrected chi connectivity index (χ0v) is 16.0. The first kappa shape index (κ1) is 18.1. The summed E-state index contributed by atoms with van der Waals surface area (Å²) in [5, 5.41) is 3.82. The molecule has 0 aliphatic heterocycles. The predicted molar refractivity (Wildman–Crippen MR) is 110 cm³/mol. The standard InChI is InChI=1S/C22H23N3O3/c1-3-4-11-25-13-18(16-9-10-23-20(16)22(25)27)17-12-14(5-8-19(17)28-2)21(26)24-15-6-7-15/h3-5,8-10,12-13,15,23H,6-7,11H2,1-2H3,(H,24,26). The summed E-state index contributed by atoms with van der Waals surface area (Å²) in [6.45, 7) is 2.39. The third kappa shape index (κ3) is 3.33. The Kier molecular flexibility index (Phi) is 4.77. The molecule has 1 amide bonds. The predicted octanol–water partition coefficient (Wildman–Crippen LogP) is 3.47. The van der Waals surface area contributed by atoms with Gasteiger partial charge in [0.15, 0.2) is 0 Å². The summed E-state index contributed by atoms with van der Waals surface area (Å²) in [4.78, 5) is 28.3. The van der Waals surface area contributed by atoms with Gasteiger partial charge >= 0.3 is 0 Å².